The van der Waals surface area contributed by atoms with E-state index in [9.17, 15) is 4.79 Å². The van der Waals surface area contributed by atoms with E-state index in [4.69, 9.17) is 10.9 Å². The van der Waals surface area contributed by atoms with Gasteiger partial charge in [-0.2, -0.15) is 0 Å². The minimum Gasteiger partial charge on any atom is -0.409 e. The molecule has 1 saturated carbocycles. The van der Waals surface area contributed by atoms with Gasteiger partial charge in [0.1, 0.15) is 5.41 Å². The van der Waals surface area contributed by atoms with E-state index in [0.717, 1.165) is 25.8 Å². The number of rotatable bonds is 2. The number of thiophene rings is 1. The van der Waals surface area contributed by atoms with Gasteiger partial charge in [-0.1, -0.05) is 18.0 Å². The largest absolute Gasteiger partial charge is 0.409 e. The Kier molecular flexibility index (Phi) is 3.41. The van der Waals surface area contributed by atoms with Crippen LogP contribution in [0.5, 0.6) is 0 Å². The lowest BCUT2D eigenvalue weighted by molar-refractivity contribution is -0.139. The highest BCUT2D eigenvalue weighted by molar-refractivity contribution is 7.10. The van der Waals surface area contributed by atoms with Crippen LogP contribution in [0.3, 0.4) is 0 Å². The van der Waals surface area contributed by atoms with Crippen molar-refractivity contribution in [3.8, 4) is 0 Å². The molecule has 1 aliphatic heterocycles. The third kappa shape index (κ3) is 1.98. The normalized spacial score (nSPS) is 21.8. The van der Waals surface area contributed by atoms with Crippen molar-refractivity contribution in [2.75, 3.05) is 6.54 Å². The number of carbonyl (C=O) groups excluding carboxylic acids is 1. The van der Waals surface area contributed by atoms with Gasteiger partial charge < -0.3 is 15.8 Å². The number of hydrogen-bond acceptors (Lipinski definition) is 4. The summed E-state index contributed by atoms with van der Waals surface area (Å²) in [5, 5.41) is 14.2. The maximum absolute atomic E-state index is 12.9. The maximum atomic E-state index is 12.9. The first-order valence-corrected chi connectivity index (χ1v) is 7.88. The number of carbonyl (C=O) groups is 1. The molecule has 1 aromatic rings. The highest BCUT2D eigenvalue weighted by Crippen LogP contribution is 2.41. The molecule has 3 N–H and O–H groups in total. The van der Waals surface area contributed by atoms with Gasteiger partial charge in [0, 0.05) is 18.0 Å². The van der Waals surface area contributed by atoms with E-state index in [1.807, 2.05) is 4.90 Å². The van der Waals surface area contributed by atoms with E-state index in [-0.39, 0.29) is 11.7 Å². The topological polar surface area (TPSA) is 78.9 Å². The minimum absolute atomic E-state index is 0.0298. The van der Waals surface area contributed by atoms with Gasteiger partial charge in [-0.3, -0.25) is 4.79 Å². The first-order valence-electron chi connectivity index (χ1n) is 7.00. The van der Waals surface area contributed by atoms with Gasteiger partial charge >= 0.3 is 0 Å². The summed E-state index contributed by atoms with van der Waals surface area (Å²) in [4.78, 5) is 16.2. The molecule has 0 atom stereocenters. The molecule has 3 rings (SSSR count). The van der Waals surface area contributed by atoms with Gasteiger partial charge in [0.2, 0.25) is 5.91 Å². The van der Waals surface area contributed by atoms with Gasteiger partial charge in [0.25, 0.3) is 0 Å². The lowest BCUT2D eigenvalue weighted by atomic mass is 9.82. The number of nitrogens with two attached hydrogens (primary N) is 1. The van der Waals surface area contributed by atoms with E-state index in [1.54, 1.807) is 11.3 Å². The van der Waals surface area contributed by atoms with Crippen LogP contribution in [0.15, 0.2) is 16.6 Å². The van der Waals surface area contributed by atoms with Crippen molar-refractivity contribution >= 4 is 23.1 Å². The first kappa shape index (κ1) is 13.4. The van der Waals surface area contributed by atoms with Gasteiger partial charge in [-0.25, -0.2) is 0 Å². The minimum atomic E-state index is -0.776. The van der Waals surface area contributed by atoms with Crippen LogP contribution < -0.4 is 5.73 Å². The molecule has 5 nitrogen and oxygen atoms in total. The molecule has 6 heteroatoms. The van der Waals surface area contributed by atoms with E-state index in [1.165, 1.54) is 10.4 Å². The molecule has 1 aliphatic carbocycles. The Labute approximate surface area is 122 Å². The van der Waals surface area contributed by atoms with Gasteiger partial charge in [-0.05, 0) is 36.3 Å². The molecule has 108 valence electrons. The van der Waals surface area contributed by atoms with Crippen molar-refractivity contribution in [3.63, 3.8) is 0 Å². The summed E-state index contributed by atoms with van der Waals surface area (Å²) < 4.78 is 0. The van der Waals surface area contributed by atoms with Gasteiger partial charge in [0.05, 0.1) is 0 Å². The lowest BCUT2D eigenvalue weighted by Crippen LogP contribution is -2.51. The molecule has 0 aromatic carbocycles. The predicted octanol–water partition coefficient (Wildman–Crippen LogP) is 1.94. The fourth-order valence-electron chi connectivity index (χ4n) is 3.38. The smallest absolute Gasteiger partial charge is 0.236 e. The number of amides is 1. The predicted molar refractivity (Wildman–Crippen MR) is 77.7 cm³/mol. The fourth-order valence-corrected chi connectivity index (χ4v) is 4.27. The molecule has 0 radical (unpaired) electrons. The summed E-state index contributed by atoms with van der Waals surface area (Å²) in [5.41, 5.74) is 6.31. The summed E-state index contributed by atoms with van der Waals surface area (Å²) in [6, 6.07) is 2.09. The molecule has 0 bridgehead atoms. The summed E-state index contributed by atoms with van der Waals surface area (Å²) >= 11 is 1.75. The van der Waals surface area contributed by atoms with Crippen molar-refractivity contribution in [3.05, 3.63) is 21.9 Å². The molecular weight excluding hydrogens is 274 g/mol. The Morgan fingerprint density at radius 2 is 2.20 bits per heavy atom. The Morgan fingerprint density at radius 1 is 1.45 bits per heavy atom. The molecule has 1 fully saturated rings. The third-order valence-electron chi connectivity index (χ3n) is 4.56. The molecule has 20 heavy (non-hydrogen) atoms. The van der Waals surface area contributed by atoms with Crippen LogP contribution in [-0.2, 0) is 17.8 Å². The quantitative estimate of drug-likeness (QED) is 0.378. The number of amidine groups is 1. The van der Waals surface area contributed by atoms with Crippen LogP contribution in [0.4, 0.5) is 0 Å². The zero-order chi connectivity index (χ0) is 14.2. The Balaban J connectivity index is 1.85. The fraction of sp³-hybridized carbons (Fsp3) is 0.571. The average molecular weight is 293 g/mol. The second-order valence-electron chi connectivity index (χ2n) is 5.62. The average Bonchev–Trinajstić information content (AvgIpc) is 3.14. The molecular formula is C14H19N3O2S. The highest BCUT2D eigenvalue weighted by Gasteiger charge is 2.47. The molecule has 0 spiro atoms. The second-order valence-corrected chi connectivity index (χ2v) is 6.62. The second kappa shape index (κ2) is 5.09. The van der Waals surface area contributed by atoms with Crippen LogP contribution in [0.25, 0.3) is 0 Å². The van der Waals surface area contributed by atoms with Crippen LogP contribution in [0.2, 0.25) is 0 Å². The number of fused-ring (bicyclic) bond motifs is 1. The standard InChI is InChI=1S/C14H19N3O2S/c15-12(16-19)14(5-1-2-6-14)13(18)17-7-3-11-10(9-17)4-8-20-11/h4,8,19H,1-3,5-7,9H2,(H2,15,16). The van der Waals surface area contributed by atoms with Crippen LogP contribution in [0.1, 0.15) is 36.1 Å². The van der Waals surface area contributed by atoms with Gasteiger partial charge in [0.15, 0.2) is 5.84 Å². The molecule has 1 amide bonds. The Morgan fingerprint density at radius 3 is 2.90 bits per heavy atom. The number of nitrogens with zero attached hydrogens (tertiary/aromatic N) is 2. The third-order valence-corrected chi connectivity index (χ3v) is 5.58. The maximum Gasteiger partial charge on any atom is 0.236 e. The highest BCUT2D eigenvalue weighted by atomic mass is 32.1. The van der Waals surface area contributed by atoms with Crippen LogP contribution >= 0.6 is 11.3 Å². The van der Waals surface area contributed by atoms with Crippen LogP contribution in [-0.4, -0.2) is 28.4 Å². The summed E-state index contributed by atoms with van der Waals surface area (Å²) in [6.45, 7) is 1.38. The molecule has 0 unspecified atom stereocenters. The van der Waals surface area contributed by atoms with Gasteiger partial charge in [-0.15, -0.1) is 11.3 Å². The van der Waals surface area contributed by atoms with Crippen molar-refractivity contribution in [2.45, 2.75) is 38.6 Å². The molecule has 2 heterocycles. The van der Waals surface area contributed by atoms with E-state index in [2.05, 4.69) is 16.6 Å². The van der Waals surface area contributed by atoms with E-state index >= 15 is 0 Å². The van der Waals surface area contributed by atoms with Crippen molar-refractivity contribution < 1.29 is 10.0 Å². The van der Waals surface area contributed by atoms with Crippen molar-refractivity contribution in [2.24, 2.45) is 16.3 Å². The lowest BCUT2D eigenvalue weighted by Gasteiger charge is -2.35. The molecule has 0 saturated heterocycles. The van der Waals surface area contributed by atoms with Crippen molar-refractivity contribution in [1.82, 2.24) is 4.90 Å². The zero-order valence-corrected chi connectivity index (χ0v) is 12.2. The van der Waals surface area contributed by atoms with E-state index in [0.29, 0.717) is 19.4 Å². The summed E-state index contributed by atoms with van der Waals surface area (Å²) in [6.07, 6.45) is 4.20. The molecule has 1 aromatic heterocycles. The Hall–Kier alpha value is -1.56. The number of hydrogen-bond donors (Lipinski definition) is 2. The zero-order valence-electron chi connectivity index (χ0n) is 11.3. The number of oxime groups is 1. The first-order chi connectivity index (χ1) is 9.67. The van der Waals surface area contributed by atoms with Crippen molar-refractivity contribution in [1.29, 1.82) is 0 Å². The SMILES string of the molecule is NC(=NO)C1(C(=O)N2CCc3sccc3C2)CCCC1. The monoisotopic (exact) mass is 293 g/mol. The summed E-state index contributed by atoms with van der Waals surface area (Å²) in [5.74, 6) is 0.110. The molecule has 2 aliphatic rings. The van der Waals surface area contributed by atoms with Crippen LogP contribution in [0, 0.1) is 5.41 Å². The van der Waals surface area contributed by atoms with E-state index < -0.39 is 5.41 Å². The Bertz CT molecular complexity index is 546. The summed E-state index contributed by atoms with van der Waals surface area (Å²) in [7, 11) is 0.